The summed E-state index contributed by atoms with van der Waals surface area (Å²) in [5.41, 5.74) is -0.374. The summed E-state index contributed by atoms with van der Waals surface area (Å²) in [4.78, 5) is 16.2. The van der Waals surface area contributed by atoms with Crippen molar-refractivity contribution in [3.8, 4) is 11.5 Å². The fraction of sp³-hybridized carbons (Fsp3) is 0.263. The topological polar surface area (TPSA) is 64.9 Å². The minimum atomic E-state index is -4.75. The summed E-state index contributed by atoms with van der Waals surface area (Å²) in [6.07, 6.45) is -3.31. The van der Waals surface area contributed by atoms with Crippen molar-refractivity contribution < 1.29 is 27.4 Å². The van der Waals surface area contributed by atoms with E-state index in [2.05, 4.69) is 10.3 Å². The third-order valence-corrected chi connectivity index (χ3v) is 4.15. The average molecular weight is 393 g/mol. The summed E-state index contributed by atoms with van der Waals surface area (Å²) in [5, 5.41) is 2.52. The highest BCUT2D eigenvalue weighted by Crippen LogP contribution is 2.32. The van der Waals surface area contributed by atoms with Crippen molar-refractivity contribution in [2.75, 3.05) is 14.2 Å². The molecule has 0 saturated carbocycles. The molecule has 28 heavy (non-hydrogen) atoms. The van der Waals surface area contributed by atoms with E-state index in [-0.39, 0.29) is 12.2 Å². The Morgan fingerprint density at radius 1 is 1.14 bits per heavy atom. The molecule has 2 aromatic heterocycles. The first-order valence-electron chi connectivity index (χ1n) is 8.29. The molecule has 148 valence electrons. The zero-order chi connectivity index (χ0) is 20.5. The molecule has 0 aliphatic heterocycles. The van der Waals surface area contributed by atoms with E-state index in [0.29, 0.717) is 22.6 Å². The van der Waals surface area contributed by atoms with Crippen LogP contribution in [0.15, 0.2) is 36.5 Å². The Bertz CT molecular complexity index is 1030. The van der Waals surface area contributed by atoms with Gasteiger partial charge in [-0.3, -0.25) is 9.20 Å². The number of imidazole rings is 1. The number of hydrogen-bond acceptors (Lipinski definition) is 4. The molecule has 6 nitrogen and oxygen atoms in total. The van der Waals surface area contributed by atoms with Gasteiger partial charge in [-0.15, -0.1) is 0 Å². The normalized spacial score (nSPS) is 11.5. The molecule has 1 amide bonds. The lowest BCUT2D eigenvalue weighted by atomic mass is 10.2. The van der Waals surface area contributed by atoms with Crippen LogP contribution < -0.4 is 14.8 Å². The standard InChI is InChI=1S/C19H18F3N3O3/c1-11-4-7-15-24-17(19(20,21)22)16(25(15)10-11)18(26)23-9-12-5-6-13(27-2)14(8-12)28-3/h4-8,10H,9H2,1-3H3,(H,23,26). The molecule has 0 unspecified atom stereocenters. The van der Waals surface area contributed by atoms with Gasteiger partial charge in [0.25, 0.3) is 5.91 Å². The van der Waals surface area contributed by atoms with Gasteiger partial charge in [0.15, 0.2) is 17.2 Å². The Morgan fingerprint density at radius 3 is 2.50 bits per heavy atom. The van der Waals surface area contributed by atoms with Gasteiger partial charge >= 0.3 is 6.18 Å². The fourth-order valence-electron chi connectivity index (χ4n) is 2.82. The van der Waals surface area contributed by atoms with Gasteiger partial charge in [0.2, 0.25) is 0 Å². The van der Waals surface area contributed by atoms with E-state index in [1.54, 1.807) is 31.2 Å². The van der Waals surface area contributed by atoms with E-state index in [1.807, 2.05) is 0 Å². The van der Waals surface area contributed by atoms with Crippen molar-refractivity contribution in [2.45, 2.75) is 19.6 Å². The van der Waals surface area contributed by atoms with Crippen LogP contribution in [-0.4, -0.2) is 29.5 Å². The summed E-state index contributed by atoms with van der Waals surface area (Å²) >= 11 is 0. The second-order valence-electron chi connectivity index (χ2n) is 6.11. The van der Waals surface area contributed by atoms with Gasteiger partial charge < -0.3 is 14.8 Å². The Balaban J connectivity index is 1.92. The summed E-state index contributed by atoms with van der Waals surface area (Å²) < 4.78 is 51.7. The number of ether oxygens (including phenoxy) is 2. The number of hydrogen-bond donors (Lipinski definition) is 1. The maximum Gasteiger partial charge on any atom is 0.435 e. The first-order valence-corrected chi connectivity index (χ1v) is 8.29. The molecule has 2 heterocycles. The number of methoxy groups -OCH3 is 2. The highest BCUT2D eigenvalue weighted by Gasteiger charge is 2.40. The molecule has 0 fully saturated rings. The second-order valence-corrected chi connectivity index (χ2v) is 6.11. The largest absolute Gasteiger partial charge is 0.493 e. The second kappa shape index (κ2) is 7.41. The zero-order valence-corrected chi connectivity index (χ0v) is 15.4. The Hall–Kier alpha value is -3.23. The molecule has 0 aliphatic rings. The molecule has 0 radical (unpaired) electrons. The highest BCUT2D eigenvalue weighted by molar-refractivity contribution is 5.95. The van der Waals surface area contributed by atoms with E-state index in [1.165, 1.54) is 26.5 Å². The average Bonchev–Trinajstić information content (AvgIpc) is 3.04. The monoisotopic (exact) mass is 393 g/mol. The number of halogens is 3. The predicted molar refractivity (Wildman–Crippen MR) is 95.6 cm³/mol. The van der Waals surface area contributed by atoms with Gasteiger partial charge in [0.1, 0.15) is 11.3 Å². The Morgan fingerprint density at radius 2 is 1.86 bits per heavy atom. The molecular weight excluding hydrogens is 375 g/mol. The molecule has 0 atom stereocenters. The van der Waals surface area contributed by atoms with Crippen LogP contribution in [0.25, 0.3) is 5.65 Å². The molecule has 1 N–H and O–H groups in total. The van der Waals surface area contributed by atoms with Crippen LogP contribution in [0.3, 0.4) is 0 Å². The number of aromatic nitrogens is 2. The number of fused-ring (bicyclic) bond motifs is 1. The molecule has 0 spiro atoms. The number of aryl methyl sites for hydroxylation is 1. The first kappa shape index (κ1) is 19.5. The molecule has 3 rings (SSSR count). The van der Waals surface area contributed by atoms with Crippen molar-refractivity contribution in [3.05, 3.63) is 59.0 Å². The number of benzene rings is 1. The summed E-state index contributed by atoms with van der Waals surface area (Å²) in [6.45, 7) is 1.73. The number of carbonyl (C=O) groups is 1. The van der Waals surface area contributed by atoms with Crippen LogP contribution in [0.2, 0.25) is 0 Å². The lowest BCUT2D eigenvalue weighted by Gasteiger charge is -2.11. The van der Waals surface area contributed by atoms with Crippen LogP contribution in [0.5, 0.6) is 11.5 Å². The minimum Gasteiger partial charge on any atom is -0.493 e. The van der Waals surface area contributed by atoms with Gasteiger partial charge in [0, 0.05) is 12.7 Å². The van der Waals surface area contributed by atoms with Crippen LogP contribution in [0.4, 0.5) is 13.2 Å². The minimum absolute atomic E-state index is 0.00946. The zero-order valence-electron chi connectivity index (χ0n) is 15.4. The van der Waals surface area contributed by atoms with E-state index in [0.717, 1.165) is 4.40 Å². The summed E-state index contributed by atoms with van der Waals surface area (Å²) in [6, 6.07) is 8.05. The van der Waals surface area contributed by atoms with Crippen molar-refractivity contribution in [2.24, 2.45) is 0 Å². The third kappa shape index (κ3) is 3.73. The number of alkyl halides is 3. The smallest absolute Gasteiger partial charge is 0.435 e. The molecule has 9 heteroatoms. The molecule has 1 aromatic carbocycles. The predicted octanol–water partition coefficient (Wildman–Crippen LogP) is 3.61. The van der Waals surface area contributed by atoms with Crippen molar-refractivity contribution in [1.82, 2.24) is 14.7 Å². The lowest BCUT2D eigenvalue weighted by Crippen LogP contribution is -2.27. The van der Waals surface area contributed by atoms with E-state index in [4.69, 9.17) is 9.47 Å². The van der Waals surface area contributed by atoms with Crippen LogP contribution in [-0.2, 0) is 12.7 Å². The van der Waals surface area contributed by atoms with Crippen LogP contribution in [0, 0.1) is 6.92 Å². The Kier molecular flexibility index (Phi) is 5.17. The van der Waals surface area contributed by atoms with E-state index >= 15 is 0 Å². The van der Waals surface area contributed by atoms with Gasteiger partial charge in [-0.2, -0.15) is 13.2 Å². The maximum absolute atomic E-state index is 13.4. The third-order valence-electron chi connectivity index (χ3n) is 4.15. The number of nitrogens with zero attached hydrogens (tertiary/aromatic N) is 2. The van der Waals surface area contributed by atoms with Crippen molar-refractivity contribution in [1.29, 1.82) is 0 Å². The number of nitrogens with one attached hydrogen (secondary N) is 1. The fourth-order valence-corrected chi connectivity index (χ4v) is 2.82. The Labute approximate surface area is 158 Å². The quantitative estimate of drug-likeness (QED) is 0.719. The maximum atomic E-state index is 13.4. The van der Waals surface area contributed by atoms with Crippen LogP contribution in [0.1, 0.15) is 27.3 Å². The van der Waals surface area contributed by atoms with Gasteiger partial charge in [-0.1, -0.05) is 12.1 Å². The van der Waals surface area contributed by atoms with Gasteiger partial charge in [-0.25, -0.2) is 4.98 Å². The van der Waals surface area contributed by atoms with Crippen molar-refractivity contribution >= 4 is 11.6 Å². The van der Waals surface area contributed by atoms with E-state index in [9.17, 15) is 18.0 Å². The highest BCUT2D eigenvalue weighted by atomic mass is 19.4. The van der Waals surface area contributed by atoms with Gasteiger partial charge in [0.05, 0.1) is 14.2 Å². The summed E-state index contributed by atoms with van der Waals surface area (Å²) in [7, 11) is 2.96. The SMILES string of the molecule is COc1ccc(CNC(=O)c2c(C(F)(F)F)nc3ccc(C)cn23)cc1OC. The number of rotatable bonds is 5. The van der Waals surface area contributed by atoms with Crippen molar-refractivity contribution in [3.63, 3.8) is 0 Å². The van der Waals surface area contributed by atoms with Crippen LogP contribution >= 0.6 is 0 Å². The number of pyridine rings is 1. The molecular formula is C19H18F3N3O3. The molecule has 0 bridgehead atoms. The molecule has 0 aliphatic carbocycles. The van der Waals surface area contributed by atoms with Gasteiger partial charge in [-0.05, 0) is 36.2 Å². The number of amides is 1. The lowest BCUT2D eigenvalue weighted by molar-refractivity contribution is -0.141. The first-order chi connectivity index (χ1) is 13.2. The molecule has 0 saturated heterocycles. The van der Waals surface area contributed by atoms with E-state index < -0.39 is 23.5 Å². The molecule has 3 aromatic rings. The number of carbonyl (C=O) groups excluding carboxylic acids is 1. The summed E-state index contributed by atoms with van der Waals surface area (Å²) in [5.74, 6) is 0.0880.